The van der Waals surface area contributed by atoms with E-state index in [0.717, 1.165) is 17.3 Å². The van der Waals surface area contributed by atoms with E-state index in [-0.39, 0.29) is 0 Å². The molecule has 90 valence electrons. The molecule has 0 aliphatic heterocycles. The van der Waals surface area contributed by atoms with Gasteiger partial charge in [-0.2, -0.15) is 0 Å². The Morgan fingerprint density at radius 1 is 1.24 bits per heavy atom. The van der Waals surface area contributed by atoms with Crippen molar-refractivity contribution in [2.75, 3.05) is 5.32 Å². The summed E-state index contributed by atoms with van der Waals surface area (Å²) in [6.45, 7) is 5.02. The van der Waals surface area contributed by atoms with Crippen molar-refractivity contribution in [3.05, 3.63) is 49.1 Å². The van der Waals surface area contributed by atoms with E-state index < -0.39 is 0 Å². The summed E-state index contributed by atoms with van der Waals surface area (Å²) in [7, 11) is 0. The summed E-state index contributed by atoms with van der Waals surface area (Å²) in [5.74, 6) is 0. The molecule has 17 heavy (non-hydrogen) atoms. The fraction of sp³-hybridized carbons (Fsp3) is 0.231. The molecular formula is C13H13BrClNS. The van der Waals surface area contributed by atoms with E-state index >= 15 is 0 Å². The molecule has 0 bridgehead atoms. The Bertz CT molecular complexity index is 513. The van der Waals surface area contributed by atoms with Gasteiger partial charge in [0.1, 0.15) is 0 Å². The van der Waals surface area contributed by atoms with Gasteiger partial charge in [0, 0.05) is 27.0 Å². The zero-order chi connectivity index (χ0) is 12.4. The highest BCUT2D eigenvalue weighted by molar-refractivity contribution is 9.10. The number of hydrogen-bond acceptors (Lipinski definition) is 2. The van der Waals surface area contributed by atoms with Crippen LogP contribution >= 0.6 is 38.9 Å². The molecule has 2 aromatic rings. The molecule has 0 spiro atoms. The van der Waals surface area contributed by atoms with Crippen molar-refractivity contribution in [1.29, 1.82) is 0 Å². The molecule has 1 N–H and O–H groups in total. The smallest absolute Gasteiger partial charge is 0.0516 e. The predicted molar refractivity (Wildman–Crippen MR) is 80.3 cm³/mol. The summed E-state index contributed by atoms with van der Waals surface area (Å²) in [4.78, 5) is 1.24. The lowest BCUT2D eigenvalue weighted by atomic mass is 10.1. The maximum Gasteiger partial charge on any atom is 0.0516 e. The minimum absolute atomic E-state index is 0.815. The molecule has 0 fully saturated rings. The van der Waals surface area contributed by atoms with Crippen molar-refractivity contribution in [2.24, 2.45) is 0 Å². The lowest BCUT2D eigenvalue weighted by molar-refractivity contribution is 1.18. The summed E-state index contributed by atoms with van der Waals surface area (Å²) < 4.78 is 1.18. The fourth-order valence-corrected chi connectivity index (χ4v) is 2.93. The first-order valence-corrected chi connectivity index (χ1v) is 7.35. The van der Waals surface area contributed by atoms with Gasteiger partial charge in [0.05, 0.1) is 5.02 Å². The maximum absolute atomic E-state index is 5.89. The molecule has 4 heteroatoms. The number of rotatable bonds is 3. The van der Waals surface area contributed by atoms with Gasteiger partial charge in [-0.25, -0.2) is 0 Å². The molecule has 0 saturated heterocycles. The van der Waals surface area contributed by atoms with Crippen molar-refractivity contribution < 1.29 is 0 Å². The van der Waals surface area contributed by atoms with E-state index in [0.29, 0.717) is 0 Å². The van der Waals surface area contributed by atoms with Gasteiger partial charge in [0.15, 0.2) is 0 Å². The second-order valence-corrected chi connectivity index (χ2v) is 6.23. The van der Waals surface area contributed by atoms with Crippen molar-refractivity contribution in [3.8, 4) is 0 Å². The first-order chi connectivity index (χ1) is 8.06. The number of hydrogen-bond donors (Lipinski definition) is 1. The summed E-state index contributed by atoms with van der Waals surface area (Å²) in [6.07, 6.45) is 0. The Hall–Kier alpha value is -0.510. The minimum Gasteiger partial charge on any atom is -0.380 e. The Morgan fingerprint density at radius 2 is 1.88 bits per heavy atom. The van der Waals surface area contributed by atoms with E-state index in [1.165, 1.54) is 20.5 Å². The highest BCUT2D eigenvalue weighted by atomic mass is 79.9. The average Bonchev–Trinajstić information content (AvgIpc) is 2.69. The minimum atomic E-state index is 0.815. The Balaban J connectivity index is 2.09. The van der Waals surface area contributed by atoms with Gasteiger partial charge in [0.25, 0.3) is 0 Å². The number of benzene rings is 1. The topological polar surface area (TPSA) is 12.0 Å². The first kappa shape index (κ1) is 12.9. The monoisotopic (exact) mass is 329 g/mol. The molecule has 1 aromatic heterocycles. The fourth-order valence-electron chi connectivity index (χ4n) is 1.68. The average molecular weight is 331 g/mol. The Labute approximate surface area is 119 Å². The molecule has 0 unspecified atom stereocenters. The van der Waals surface area contributed by atoms with Crippen molar-refractivity contribution >= 4 is 44.6 Å². The molecular weight excluding hydrogens is 318 g/mol. The van der Waals surface area contributed by atoms with Crippen LogP contribution in [0.1, 0.15) is 16.0 Å². The van der Waals surface area contributed by atoms with Crippen LogP contribution in [0.3, 0.4) is 0 Å². The number of nitrogens with one attached hydrogen (secondary N) is 1. The largest absolute Gasteiger partial charge is 0.380 e. The molecule has 0 amide bonds. The van der Waals surface area contributed by atoms with Crippen LogP contribution in [0.5, 0.6) is 0 Å². The molecule has 1 nitrogen and oxygen atoms in total. The molecule has 0 saturated carbocycles. The summed E-state index contributed by atoms with van der Waals surface area (Å²) in [5.41, 5.74) is 3.64. The van der Waals surface area contributed by atoms with Crippen LogP contribution < -0.4 is 5.32 Å². The van der Waals surface area contributed by atoms with Gasteiger partial charge in [-0.1, -0.05) is 27.5 Å². The van der Waals surface area contributed by atoms with E-state index in [1.807, 2.05) is 11.4 Å². The van der Waals surface area contributed by atoms with E-state index in [9.17, 15) is 0 Å². The van der Waals surface area contributed by atoms with Gasteiger partial charge in [-0.05, 0) is 43.2 Å². The molecule has 0 aliphatic rings. The van der Waals surface area contributed by atoms with E-state index in [2.05, 4.69) is 47.2 Å². The van der Waals surface area contributed by atoms with Crippen LogP contribution in [-0.2, 0) is 6.54 Å². The van der Waals surface area contributed by atoms with Gasteiger partial charge >= 0.3 is 0 Å². The normalized spacial score (nSPS) is 10.6. The number of anilines is 1. The molecule has 1 aromatic carbocycles. The molecule has 0 radical (unpaired) electrons. The second-order valence-electron chi connectivity index (χ2n) is 4.01. The lowest BCUT2D eigenvalue weighted by Crippen LogP contribution is -1.98. The van der Waals surface area contributed by atoms with Gasteiger partial charge in [0.2, 0.25) is 0 Å². The van der Waals surface area contributed by atoms with E-state index in [1.54, 1.807) is 11.3 Å². The van der Waals surface area contributed by atoms with Crippen LogP contribution in [0.4, 0.5) is 5.69 Å². The number of halogens is 2. The first-order valence-electron chi connectivity index (χ1n) is 5.30. The van der Waals surface area contributed by atoms with Crippen molar-refractivity contribution in [3.63, 3.8) is 0 Å². The van der Waals surface area contributed by atoms with Crippen LogP contribution in [0.2, 0.25) is 5.02 Å². The molecule has 0 atom stereocenters. The molecule has 2 rings (SSSR count). The maximum atomic E-state index is 5.89. The SMILES string of the molecule is Cc1cc(NCc2cc(Cl)cs2)cc(C)c1Br. The second kappa shape index (κ2) is 5.42. The van der Waals surface area contributed by atoms with Crippen molar-refractivity contribution in [1.82, 2.24) is 0 Å². The summed E-state index contributed by atoms with van der Waals surface area (Å²) >= 11 is 11.1. The summed E-state index contributed by atoms with van der Waals surface area (Å²) in [6, 6.07) is 6.29. The molecule has 0 aliphatic carbocycles. The third-order valence-corrected chi connectivity index (χ3v) is 5.06. The van der Waals surface area contributed by atoms with E-state index in [4.69, 9.17) is 11.6 Å². The van der Waals surface area contributed by atoms with Gasteiger partial charge in [-0.3, -0.25) is 0 Å². The third-order valence-electron chi connectivity index (χ3n) is 2.52. The quantitative estimate of drug-likeness (QED) is 0.795. The van der Waals surface area contributed by atoms with Crippen LogP contribution in [0.15, 0.2) is 28.1 Å². The van der Waals surface area contributed by atoms with Gasteiger partial charge < -0.3 is 5.32 Å². The third kappa shape index (κ3) is 3.24. The van der Waals surface area contributed by atoms with Gasteiger partial charge in [-0.15, -0.1) is 11.3 Å². The van der Waals surface area contributed by atoms with Crippen LogP contribution in [0, 0.1) is 13.8 Å². The Kier molecular flexibility index (Phi) is 4.13. The summed E-state index contributed by atoms with van der Waals surface area (Å²) in [5, 5.41) is 6.18. The standard InChI is InChI=1S/C13H13BrClNS/c1-8-3-11(4-9(2)13(8)14)16-6-12-5-10(15)7-17-12/h3-5,7,16H,6H2,1-2H3. The van der Waals surface area contributed by atoms with Crippen LogP contribution in [0.25, 0.3) is 0 Å². The highest BCUT2D eigenvalue weighted by Crippen LogP contribution is 2.26. The number of thiophene rings is 1. The number of aryl methyl sites for hydroxylation is 2. The van der Waals surface area contributed by atoms with Crippen molar-refractivity contribution in [2.45, 2.75) is 20.4 Å². The Morgan fingerprint density at radius 3 is 2.41 bits per heavy atom. The lowest BCUT2D eigenvalue weighted by Gasteiger charge is -2.09. The predicted octanol–water partition coefficient (Wildman–Crippen LogP) is 5.39. The highest BCUT2D eigenvalue weighted by Gasteiger charge is 2.03. The van der Waals surface area contributed by atoms with Crippen LogP contribution in [-0.4, -0.2) is 0 Å². The zero-order valence-corrected chi connectivity index (χ0v) is 12.8. The zero-order valence-electron chi connectivity index (χ0n) is 9.68. The molecule has 1 heterocycles.